The van der Waals surface area contributed by atoms with Crippen LogP contribution in [0.1, 0.15) is 0 Å². The molecule has 0 aliphatic rings. The molecule has 0 spiro atoms. The highest BCUT2D eigenvalue weighted by atomic mass is 32.1. The van der Waals surface area contributed by atoms with E-state index in [4.69, 9.17) is 0 Å². The van der Waals surface area contributed by atoms with Crippen LogP contribution in [-0.4, -0.2) is 30.1 Å². The molecule has 5 rings (SSSR count). The van der Waals surface area contributed by atoms with Gasteiger partial charge in [-0.25, -0.2) is 18.7 Å². The molecule has 3 aromatic heterocycles. The zero-order valence-corrected chi connectivity index (χ0v) is 16.8. The smallest absolute Gasteiger partial charge is 0.307 e. The lowest BCUT2D eigenvalue weighted by Gasteiger charge is -2.11. The molecule has 0 aliphatic heterocycles. The van der Waals surface area contributed by atoms with Gasteiger partial charge in [0, 0.05) is 11.9 Å². The number of thiazole rings is 1. The minimum Gasteiger partial charge on any atom is -0.494 e. The van der Waals surface area contributed by atoms with Crippen molar-refractivity contribution in [3.8, 4) is 33.6 Å². The van der Waals surface area contributed by atoms with E-state index >= 15 is 0 Å². The molecule has 0 amide bonds. The van der Waals surface area contributed by atoms with Crippen molar-refractivity contribution < 1.29 is 19.0 Å². The second kappa shape index (κ2) is 7.46. The number of aromatic nitrogens is 4. The van der Waals surface area contributed by atoms with Gasteiger partial charge in [-0.15, -0.1) is 0 Å². The number of aromatic amines is 2. The van der Waals surface area contributed by atoms with Crippen LogP contribution in [0, 0.1) is 11.6 Å². The summed E-state index contributed by atoms with van der Waals surface area (Å²) in [5.41, 5.74) is 1.03. The van der Waals surface area contributed by atoms with Gasteiger partial charge >= 0.3 is 4.87 Å². The van der Waals surface area contributed by atoms with Crippen LogP contribution in [0.15, 0.2) is 53.5 Å². The largest absolute Gasteiger partial charge is 0.494 e. The SMILES string of the molecule is O=c1[nH]c(O)c(-c2ccc(Nc3nc(-c4c(F)cccc4F)nc4c[nH]c(O)c34)cc2)s1. The fourth-order valence-electron chi connectivity index (χ4n) is 3.30. The predicted molar refractivity (Wildman–Crippen MR) is 116 cm³/mol. The second-order valence-corrected chi connectivity index (χ2v) is 7.77. The molecule has 0 atom stereocenters. The van der Waals surface area contributed by atoms with E-state index in [9.17, 15) is 23.8 Å². The van der Waals surface area contributed by atoms with E-state index in [1.807, 2.05) is 0 Å². The van der Waals surface area contributed by atoms with Gasteiger partial charge in [0.2, 0.25) is 11.8 Å². The maximum atomic E-state index is 14.3. The quantitative estimate of drug-likeness (QED) is 0.273. The van der Waals surface area contributed by atoms with Crippen LogP contribution in [0.5, 0.6) is 11.8 Å². The molecular formula is C21H13F2N5O3S. The van der Waals surface area contributed by atoms with Crippen molar-refractivity contribution in [1.82, 2.24) is 19.9 Å². The van der Waals surface area contributed by atoms with Crippen LogP contribution in [0.4, 0.5) is 20.3 Å². The molecule has 8 nitrogen and oxygen atoms in total. The van der Waals surface area contributed by atoms with Crippen molar-refractivity contribution >= 4 is 33.7 Å². The first-order valence-corrected chi connectivity index (χ1v) is 10.0. The molecule has 0 radical (unpaired) electrons. The number of halogens is 2. The fraction of sp³-hybridized carbons (Fsp3) is 0. The summed E-state index contributed by atoms with van der Waals surface area (Å²) in [6.45, 7) is 0. The average molecular weight is 453 g/mol. The molecule has 32 heavy (non-hydrogen) atoms. The third-order valence-electron chi connectivity index (χ3n) is 4.75. The monoisotopic (exact) mass is 453 g/mol. The summed E-state index contributed by atoms with van der Waals surface area (Å²) in [5, 5.41) is 23.3. The number of anilines is 2. The maximum Gasteiger partial charge on any atom is 0.307 e. The van der Waals surface area contributed by atoms with Gasteiger partial charge in [0.05, 0.1) is 16.0 Å². The lowest BCUT2D eigenvalue weighted by Crippen LogP contribution is -2.01. The summed E-state index contributed by atoms with van der Waals surface area (Å²) in [7, 11) is 0. The zero-order valence-electron chi connectivity index (χ0n) is 16.0. The lowest BCUT2D eigenvalue weighted by molar-refractivity contribution is 0.458. The van der Waals surface area contributed by atoms with Crippen LogP contribution in [0.3, 0.4) is 0 Å². The number of aromatic hydroxyl groups is 2. The summed E-state index contributed by atoms with van der Waals surface area (Å²) in [5.74, 6) is -2.11. The highest BCUT2D eigenvalue weighted by Gasteiger charge is 2.19. The zero-order chi connectivity index (χ0) is 22.4. The first-order valence-electron chi connectivity index (χ1n) is 9.22. The Balaban J connectivity index is 1.57. The maximum absolute atomic E-state index is 14.3. The normalized spacial score (nSPS) is 11.2. The Morgan fingerprint density at radius 1 is 0.969 bits per heavy atom. The van der Waals surface area contributed by atoms with Gasteiger partial charge in [-0.2, -0.15) is 0 Å². The molecule has 0 unspecified atom stereocenters. The molecule has 0 bridgehead atoms. The Labute approximate surface area is 181 Å². The minimum absolute atomic E-state index is 0.133. The number of nitrogens with zero attached hydrogens (tertiary/aromatic N) is 2. The van der Waals surface area contributed by atoms with Gasteiger partial charge in [0.1, 0.15) is 22.8 Å². The van der Waals surface area contributed by atoms with Crippen LogP contribution >= 0.6 is 11.3 Å². The minimum atomic E-state index is -0.815. The molecule has 0 aliphatic carbocycles. The molecular weight excluding hydrogens is 440 g/mol. The average Bonchev–Trinajstić information content (AvgIpc) is 3.30. The predicted octanol–water partition coefficient (Wildman–Crippen LogP) is 4.47. The molecule has 0 saturated carbocycles. The summed E-state index contributed by atoms with van der Waals surface area (Å²) in [6, 6.07) is 10.1. The Morgan fingerprint density at radius 2 is 1.69 bits per heavy atom. The fourth-order valence-corrected chi connectivity index (χ4v) is 4.03. The van der Waals surface area contributed by atoms with Gasteiger partial charge in [-0.3, -0.25) is 9.78 Å². The Kier molecular flexibility index (Phi) is 4.59. The first-order chi connectivity index (χ1) is 15.4. The molecule has 0 fully saturated rings. The van der Waals surface area contributed by atoms with Crippen molar-refractivity contribution in [3.05, 3.63) is 70.0 Å². The third-order valence-corrected chi connectivity index (χ3v) is 5.67. The van der Waals surface area contributed by atoms with Gasteiger partial charge in [-0.05, 0) is 29.8 Å². The van der Waals surface area contributed by atoms with E-state index in [1.165, 1.54) is 12.3 Å². The Morgan fingerprint density at radius 3 is 2.34 bits per heavy atom. The number of hydrogen-bond acceptors (Lipinski definition) is 7. The van der Waals surface area contributed by atoms with E-state index in [1.54, 1.807) is 24.3 Å². The van der Waals surface area contributed by atoms with Gasteiger partial charge < -0.3 is 20.5 Å². The van der Waals surface area contributed by atoms with Crippen LogP contribution < -0.4 is 10.2 Å². The van der Waals surface area contributed by atoms with Gasteiger partial charge in [0.25, 0.3) is 0 Å². The molecule has 3 heterocycles. The lowest BCUT2D eigenvalue weighted by atomic mass is 10.1. The number of H-pyrrole nitrogens is 2. The number of hydrogen-bond donors (Lipinski definition) is 5. The van der Waals surface area contributed by atoms with E-state index in [0.717, 1.165) is 23.5 Å². The third kappa shape index (κ3) is 3.34. The topological polar surface area (TPSA) is 127 Å². The van der Waals surface area contributed by atoms with Crippen molar-refractivity contribution in [1.29, 1.82) is 0 Å². The molecule has 11 heteroatoms. The number of nitrogens with one attached hydrogen (secondary N) is 3. The van der Waals surface area contributed by atoms with Crippen molar-refractivity contribution in [2.45, 2.75) is 0 Å². The standard InChI is InChI=1S/C21H13F2N5O3S/c22-11-2-1-3-12(23)14(11)17-26-13-8-24-19(29)15(13)18(27-17)25-10-6-4-9(5-7-10)16-20(30)28-21(31)32-16/h1-8,24,29-30H,(H,28,31)(H,25,26,27). The van der Waals surface area contributed by atoms with Crippen LogP contribution in [0.25, 0.3) is 32.7 Å². The molecule has 5 N–H and O–H groups in total. The number of benzene rings is 2. The summed E-state index contributed by atoms with van der Waals surface area (Å²) >= 11 is 0.874. The Bertz CT molecular complexity index is 1510. The summed E-state index contributed by atoms with van der Waals surface area (Å²) in [6.07, 6.45) is 1.40. The van der Waals surface area contributed by atoms with Crippen molar-refractivity contribution in [2.75, 3.05) is 5.32 Å². The van der Waals surface area contributed by atoms with E-state index < -0.39 is 11.6 Å². The van der Waals surface area contributed by atoms with Crippen molar-refractivity contribution in [2.24, 2.45) is 0 Å². The molecule has 0 saturated heterocycles. The number of rotatable bonds is 4. The molecule has 5 aromatic rings. The molecule has 2 aromatic carbocycles. The van der Waals surface area contributed by atoms with Crippen LogP contribution in [0.2, 0.25) is 0 Å². The van der Waals surface area contributed by atoms with E-state index in [2.05, 4.69) is 25.3 Å². The first kappa shape index (κ1) is 19.7. The molecule has 160 valence electrons. The summed E-state index contributed by atoms with van der Waals surface area (Å²) < 4.78 is 28.6. The van der Waals surface area contributed by atoms with Crippen LogP contribution in [-0.2, 0) is 0 Å². The van der Waals surface area contributed by atoms with Gasteiger partial charge in [-0.1, -0.05) is 29.5 Å². The second-order valence-electron chi connectivity index (χ2n) is 6.78. The summed E-state index contributed by atoms with van der Waals surface area (Å²) in [4.78, 5) is 24.8. The van der Waals surface area contributed by atoms with Gasteiger partial charge in [0.15, 0.2) is 5.82 Å². The highest BCUT2D eigenvalue weighted by molar-refractivity contribution is 7.13. The highest BCUT2D eigenvalue weighted by Crippen LogP contribution is 2.35. The van der Waals surface area contributed by atoms with E-state index in [-0.39, 0.29) is 44.7 Å². The number of fused-ring (bicyclic) bond motifs is 1. The van der Waals surface area contributed by atoms with E-state index in [0.29, 0.717) is 16.1 Å². The Hall–Kier alpha value is -4.25. The van der Waals surface area contributed by atoms with Crippen molar-refractivity contribution in [3.63, 3.8) is 0 Å².